The molecule has 28 heavy (non-hydrogen) atoms. The molecule has 1 N–H and O–H groups in total. The van der Waals surface area contributed by atoms with Crippen LogP contribution in [0.4, 0.5) is 5.13 Å². The lowest BCUT2D eigenvalue weighted by molar-refractivity contribution is 0.102. The van der Waals surface area contributed by atoms with Gasteiger partial charge in [-0.15, -0.1) is 11.3 Å². The molecule has 7 heteroatoms. The number of para-hydroxylation sites is 1. The van der Waals surface area contributed by atoms with Gasteiger partial charge in [-0.25, -0.2) is 9.67 Å². The number of nitrogens with one attached hydrogen (secondary N) is 1. The average Bonchev–Trinajstić information content (AvgIpc) is 3.31. The number of aryl methyl sites for hydroxylation is 1. The zero-order valence-electron chi connectivity index (χ0n) is 16.3. The molecule has 0 radical (unpaired) electrons. The summed E-state index contributed by atoms with van der Waals surface area (Å²) >= 11 is 1.46. The van der Waals surface area contributed by atoms with Gasteiger partial charge in [0.1, 0.15) is 0 Å². The maximum absolute atomic E-state index is 12.6. The van der Waals surface area contributed by atoms with Gasteiger partial charge in [0.15, 0.2) is 10.8 Å². The van der Waals surface area contributed by atoms with Gasteiger partial charge in [0, 0.05) is 17.6 Å². The van der Waals surface area contributed by atoms with Gasteiger partial charge < -0.3 is 0 Å². The second kappa shape index (κ2) is 8.24. The van der Waals surface area contributed by atoms with Crippen LogP contribution < -0.4 is 5.32 Å². The van der Waals surface area contributed by atoms with E-state index in [4.69, 9.17) is 0 Å². The summed E-state index contributed by atoms with van der Waals surface area (Å²) in [7, 11) is 0. The third-order valence-electron chi connectivity index (χ3n) is 5.15. The smallest absolute Gasteiger partial charge is 0.277 e. The van der Waals surface area contributed by atoms with Gasteiger partial charge in [-0.2, -0.15) is 5.10 Å². The number of carbonyl (C=O) groups excluding carboxylic acids is 1. The Morgan fingerprint density at radius 2 is 2.00 bits per heavy atom. The summed E-state index contributed by atoms with van der Waals surface area (Å²) in [5, 5.41) is 10.00. The van der Waals surface area contributed by atoms with E-state index in [1.807, 2.05) is 42.6 Å². The average molecular weight is 396 g/mol. The van der Waals surface area contributed by atoms with E-state index in [1.165, 1.54) is 24.2 Å². The SMILES string of the molecule is Cc1cc(C(=O)Nc2nc(CN3CCC(C)CC3)cs2)nn1-c1ccccc1. The molecule has 0 saturated carbocycles. The van der Waals surface area contributed by atoms with Crippen molar-refractivity contribution in [2.24, 2.45) is 5.92 Å². The molecule has 1 aromatic carbocycles. The van der Waals surface area contributed by atoms with Crippen LogP contribution in [0.2, 0.25) is 0 Å². The second-order valence-electron chi connectivity index (χ2n) is 7.48. The fourth-order valence-corrected chi connectivity index (χ4v) is 4.16. The van der Waals surface area contributed by atoms with Crippen LogP contribution in [0.5, 0.6) is 0 Å². The van der Waals surface area contributed by atoms with Gasteiger partial charge in [0.05, 0.1) is 11.4 Å². The molecule has 0 aliphatic carbocycles. The van der Waals surface area contributed by atoms with Crippen LogP contribution in [-0.4, -0.2) is 38.7 Å². The van der Waals surface area contributed by atoms with Crippen molar-refractivity contribution in [3.63, 3.8) is 0 Å². The number of hydrogen-bond acceptors (Lipinski definition) is 5. The fourth-order valence-electron chi connectivity index (χ4n) is 3.46. The van der Waals surface area contributed by atoms with Crippen LogP contribution in [0.1, 0.15) is 41.6 Å². The van der Waals surface area contributed by atoms with E-state index in [-0.39, 0.29) is 5.91 Å². The summed E-state index contributed by atoms with van der Waals surface area (Å²) in [5.74, 6) is 0.589. The molecule has 3 aromatic rings. The number of nitrogens with zero attached hydrogens (tertiary/aromatic N) is 4. The van der Waals surface area contributed by atoms with E-state index >= 15 is 0 Å². The minimum atomic E-state index is -0.231. The van der Waals surface area contributed by atoms with Crippen LogP contribution in [0.3, 0.4) is 0 Å². The molecule has 0 unspecified atom stereocenters. The third-order valence-corrected chi connectivity index (χ3v) is 5.96. The number of piperidine rings is 1. The summed E-state index contributed by atoms with van der Waals surface area (Å²) in [6, 6.07) is 11.6. The summed E-state index contributed by atoms with van der Waals surface area (Å²) in [6.45, 7) is 7.35. The molecular weight excluding hydrogens is 370 g/mol. The number of amides is 1. The van der Waals surface area contributed by atoms with Crippen LogP contribution in [0.15, 0.2) is 41.8 Å². The van der Waals surface area contributed by atoms with Gasteiger partial charge in [-0.1, -0.05) is 25.1 Å². The fraction of sp³-hybridized carbons (Fsp3) is 0.381. The van der Waals surface area contributed by atoms with E-state index < -0.39 is 0 Å². The predicted octanol–water partition coefficient (Wildman–Crippen LogP) is 4.12. The molecule has 1 saturated heterocycles. The zero-order chi connectivity index (χ0) is 19.5. The standard InChI is InChI=1S/C21H25N5OS/c1-15-8-10-25(11-9-15)13-17-14-28-21(22-17)23-20(27)19-12-16(2)26(24-19)18-6-4-3-5-7-18/h3-7,12,14-15H,8-11,13H2,1-2H3,(H,22,23,27). The van der Waals surface area contributed by atoms with Crippen molar-refractivity contribution in [2.75, 3.05) is 18.4 Å². The lowest BCUT2D eigenvalue weighted by Gasteiger charge is -2.29. The van der Waals surface area contributed by atoms with Gasteiger partial charge in [0.25, 0.3) is 5.91 Å². The first-order valence-corrected chi connectivity index (χ1v) is 10.6. The van der Waals surface area contributed by atoms with E-state index in [0.717, 1.165) is 42.6 Å². The van der Waals surface area contributed by atoms with Crippen molar-refractivity contribution < 1.29 is 4.79 Å². The minimum Gasteiger partial charge on any atom is -0.297 e. The number of hydrogen-bond donors (Lipinski definition) is 1. The van der Waals surface area contributed by atoms with Crippen LogP contribution in [-0.2, 0) is 6.54 Å². The molecule has 3 heterocycles. The highest BCUT2D eigenvalue weighted by Gasteiger charge is 2.18. The largest absolute Gasteiger partial charge is 0.297 e. The molecule has 6 nitrogen and oxygen atoms in total. The van der Waals surface area contributed by atoms with Crippen LogP contribution >= 0.6 is 11.3 Å². The number of rotatable bonds is 5. The Balaban J connectivity index is 1.40. The Hall–Kier alpha value is -2.51. The van der Waals surface area contributed by atoms with E-state index in [2.05, 4.69) is 27.2 Å². The minimum absolute atomic E-state index is 0.231. The summed E-state index contributed by atoms with van der Waals surface area (Å²) < 4.78 is 1.78. The highest BCUT2D eigenvalue weighted by Crippen LogP contribution is 2.21. The zero-order valence-corrected chi connectivity index (χ0v) is 17.1. The van der Waals surface area contributed by atoms with E-state index in [9.17, 15) is 4.79 Å². The van der Waals surface area contributed by atoms with Crippen molar-refractivity contribution in [1.29, 1.82) is 0 Å². The Morgan fingerprint density at radius 1 is 1.25 bits per heavy atom. The molecule has 1 aliphatic rings. The first-order chi connectivity index (χ1) is 13.6. The van der Waals surface area contributed by atoms with E-state index in [1.54, 1.807) is 10.7 Å². The van der Waals surface area contributed by atoms with Crippen molar-refractivity contribution >= 4 is 22.4 Å². The predicted molar refractivity (Wildman–Crippen MR) is 112 cm³/mol. The van der Waals surface area contributed by atoms with Crippen molar-refractivity contribution in [2.45, 2.75) is 33.2 Å². The molecular formula is C21H25N5OS. The van der Waals surface area contributed by atoms with Gasteiger partial charge >= 0.3 is 0 Å². The third kappa shape index (κ3) is 4.31. The first-order valence-electron chi connectivity index (χ1n) is 9.68. The first kappa shape index (κ1) is 18.8. The molecule has 1 amide bonds. The van der Waals surface area contributed by atoms with Crippen LogP contribution in [0, 0.1) is 12.8 Å². The normalized spacial score (nSPS) is 15.6. The monoisotopic (exact) mass is 395 g/mol. The van der Waals surface area contributed by atoms with E-state index in [0.29, 0.717) is 10.8 Å². The lowest BCUT2D eigenvalue weighted by Crippen LogP contribution is -2.32. The van der Waals surface area contributed by atoms with Gasteiger partial charge in [-0.3, -0.25) is 15.0 Å². The van der Waals surface area contributed by atoms with Crippen molar-refractivity contribution in [3.05, 3.63) is 58.9 Å². The highest BCUT2D eigenvalue weighted by atomic mass is 32.1. The maximum Gasteiger partial charge on any atom is 0.277 e. The molecule has 0 spiro atoms. The Kier molecular flexibility index (Phi) is 5.54. The summed E-state index contributed by atoms with van der Waals surface area (Å²) in [5.41, 5.74) is 3.26. The van der Waals surface area contributed by atoms with Gasteiger partial charge in [0.2, 0.25) is 0 Å². The quantitative estimate of drug-likeness (QED) is 0.706. The van der Waals surface area contributed by atoms with Gasteiger partial charge in [-0.05, 0) is 57.0 Å². The number of benzene rings is 1. The Bertz CT molecular complexity index is 941. The second-order valence-corrected chi connectivity index (χ2v) is 8.33. The number of aromatic nitrogens is 3. The Labute approximate surface area is 169 Å². The van der Waals surface area contributed by atoms with Crippen molar-refractivity contribution in [3.8, 4) is 5.69 Å². The lowest BCUT2D eigenvalue weighted by atomic mass is 9.99. The Morgan fingerprint density at radius 3 is 2.75 bits per heavy atom. The molecule has 4 rings (SSSR count). The summed E-state index contributed by atoms with van der Waals surface area (Å²) in [6.07, 6.45) is 2.49. The topological polar surface area (TPSA) is 63.1 Å². The number of likely N-dealkylation sites (tertiary alicyclic amines) is 1. The van der Waals surface area contributed by atoms with Crippen molar-refractivity contribution in [1.82, 2.24) is 19.7 Å². The number of anilines is 1. The molecule has 146 valence electrons. The molecule has 0 atom stereocenters. The molecule has 1 aliphatic heterocycles. The molecule has 0 bridgehead atoms. The highest BCUT2D eigenvalue weighted by molar-refractivity contribution is 7.13. The number of thiazole rings is 1. The number of carbonyl (C=O) groups is 1. The molecule has 1 fully saturated rings. The molecule has 2 aromatic heterocycles. The summed E-state index contributed by atoms with van der Waals surface area (Å²) in [4.78, 5) is 19.6. The van der Waals surface area contributed by atoms with Crippen LogP contribution in [0.25, 0.3) is 5.69 Å². The maximum atomic E-state index is 12.6.